The van der Waals surface area contributed by atoms with E-state index in [-0.39, 0.29) is 61.0 Å². The van der Waals surface area contributed by atoms with Crippen molar-refractivity contribution in [2.24, 2.45) is 0 Å². The average Bonchev–Trinajstić information content (AvgIpc) is 3.64. The highest BCUT2D eigenvalue weighted by atomic mass is 16.3. The molecule has 0 aliphatic heterocycles. The van der Waals surface area contributed by atoms with Crippen LogP contribution in [0.1, 0.15) is 151 Å². The van der Waals surface area contributed by atoms with Crippen LogP contribution in [0.15, 0.2) is 67.3 Å². The number of nitrogens with one attached hydrogen (secondary N) is 4. The molecule has 0 saturated heterocycles. The number of fused-ring (bicyclic) bond motifs is 4. The van der Waals surface area contributed by atoms with E-state index in [0.717, 1.165) is 94.6 Å². The number of hydrogen-bond acceptors (Lipinski definition) is 24. The van der Waals surface area contributed by atoms with Crippen molar-refractivity contribution >= 4 is 97.0 Å². The number of aliphatic hydroxyl groups is 3. The van der Waals surface area contributed by atoms with Gasteiger partial charge < -0.3 is 64.3 Å². The lowest BCUT2D eigenvalue weighted by Crippen LogP contribution is -2.39. The van der Waals surface area contributed by atoms with E-state index in [1.54, 1.807) is 43.8 Å². The summed E-state index contributed by atoms with van der Waals surface area (Å²) in [4.78, 5) is 62.4. The average molecular weight is 1140 g/mol. The number of carbonyl (C=O) groups is 1. The minimum absolute atomic E-state index is 0.0191. The molecule has 8 aromatic rings. The van der Waals surface area contributed by atoms with E-state index in [4.69, 9.17) is 22.9 Å². The van der Waals surface area contributed by atoms with Gasteiger partial charge in [0.1, 0.15) is 27.9 Å². The van der Waals surface area contributed by atoms with Crippen molar-refractivity contribution in [2.45, 2.75) is 175 Å². The van der Waals surface area contributed by atoms with E-state index < -0.39 is 11.1 Å². The van der Waals surface area contributed by atoms with E-state index in [2.05, 4.69) is 116 Å². The van der Waals surface area contributed by atoms with E-state index >= 15 is 0 Å². The molecular weight excluding hydrogens is 1050 g/mol. The maximum Gasteiger partial charge on any atom is 0.222 e. The monoisotopic (exact) mass is 1140 g/mol. The SMILES string of the molecule is CCCC[C@@H](CO)Nc1nc(N)nc2c(C)ccnc12.CCCC[C@@](C)(CO)Nc1nc(N)nc2cccnc12.CCCC[C@](C)(CCC(C)=O)Nc1nc(N)nc2cccnc12.CCCC[C@](C)(CO)Nc1nc(N)nc2cccnc12. The zero-order valence-electron chi connectivity index (χ0n) is 49.9. The lowest BCUT2D eigenvalue weighted by Gasteiger charge is -2.31. The van der Waals surface area contributed by atoms with Crippen molar-refractivity contribution < 1.29 is 20.1 Å². The van der Waals surface area contributed by atoms with Crippen LogP contribution in [0, 0.1) is 6.92 Å². The zero-order valence-corrected chi connectivity index (χ0v) is 49.9. The number of carbonyl (C=O) groups excluding carboxylic acids is 1. The predicted octanol–water partition coefficient (Wildman–Crippen LogP) is 9.14. The van der Waals surface area contributed by atoms with E-state index in [1.807, 2.05) is 51.1 Å². The number of unbranched alkanes of at least 4 members (excludes halogenated alkanes) is 4. The van der Waals surface area contributed by atoms with Gasteiger partial charge in [-0.25, -0.2) is 19.9 Å². The highest BCUT2D eigenvalue weighted by Crippen LogP contribution is 2.30. The van der Waals surface area contributed by atoms with Crippen molar-refractivity contribution in [2.75, 3.05) is 64.0 Å². The van der Waals surface area contributed by atoms with Crippen LogP contribution in [0.4, 0.5) is 47.1 Å². The molecule has 24 nitrogen and oxygen atoms in total. The van der Waals surface area contributed by atoms with Gasteiger partial charge in [-0.2, -0.15) is 19.9 Å². The lowest BCUT2D eigenvalue weighted by molar-refractivity contribution is -0.117. The number of Topliss-reactive ketones (excluding diaryl/α,β-unsaturated/α-hetero) is 1. The minimum atomic E-state index is -0.443. The summed E-state index contributed by atoms with van der Waals surface area (Å²) in [6.45, 7) is 18.3. The number of nitrogen functional groups attached to an aromatic ring is 4. The molecule has 4 atom stereocenters. The third-order valence-electron chi connectivity index (χ3n) is 13.9. The van der Waals surface area contributed by atoms with Gasteiger partial charge in [0, 0.05) is 36.7 Å². The normalized spacial score (nSPS) is 13.6. The van der Waals surface area contributed by atoms with E-state index in [0.29, 0.717) is 68.3 Å². The van der Waals surface area contributed by atoms with Gasteiger partial charge in [-0.05, 0) is 115 Å². The lowest BCUT2D eigenvalue weighted by atomic mass is 9.89. The molecule has 448 valence electrons. The van der Waals surface area contributed by atoms with Crippen LogP contribution in [-0.4, -0.2) is 123 Å². The molecule has 0 unspecified atom stereocenters. The fourth-order valence-electron chi connectivity index (χ4n) is 8.97. The Balaban J connectivity index is 0.000000203. The Kier molecular flexibility index (Phi) is 25.3. The second-order valence-corrected chi connectivity index (χ2v) is 21.7. The number of rotatable bonds is 26. The van der Waals surface area contributed by atoms with Crippen molar-refractivity contribution in [3.8, 4) is 0 Å². The fourth-order valence-corrected chi connectivity index (χ4v) is 8.97. The molecule has 15 N–H and O–H groups in total. The van der Waals surface area contributed by atoms with Crippen LogP contribution >= 0.6 is 0 Å². The van der Waals surface area contributed by atoms with E-state index in [1.165, 1.54) is 0 Å². The quantitative estimate of drug-likeness (QED) is 0.0240. The Bertz CT molecular complexity index is 3220. The summed E-state index contributed by atoms with van der Waals surface area (Å²) < 4.78 is 0. The Morgan fingerprint density at radius 2 is 0.880 bits per heavy atom. The smallest absolute Gasteiger partial charge is 0.222 e. The van der Waals surface area contributed by atoms with Crippen LogP contribution in [0.3, 0.4) is 0 Å². The Hall–Kier alpha value is -8.09. The van der Waals surface area contributed by atoms with Crippen LogP contribution in [0.5, 0.6) is 0 Å². The number of aromatic nitrogens is 12. The Morgan fingerprint density at radius 3 is 1.28 bits per heavy atom. The predicted molar refractivity (Wildman–Crippen MR) is 334 cm³/mol. The third-order valence-corrected chi connectivity index (χ3v) is 13.9. The van der Waals surface area contributed by atoms with Gasteiger partial charge in [-0.1, -0.05) is 79.1 Å². The Morgan fingerprint density at radius 1 is 0.494 bits per heavy atom. The number of aliphatic hydroxyl groups excluding tert-OH is 3. The first kappa shape index (κ1) is 65.7. The Labute approximate surface area is 486 Å². The summed E-state index contributed by atoms with van der Waals surface area (Å²) in [5, 5.41) is 42.0. The molecule has 0 bridgehead atoms. The van der Waals surface area contributed by atoms with Gasteiger partial charge in [0.2, 0.25) is 23.8 Å². The number of anilines is 8. The van der Waals surface area contributed by atoms with Gasteiger partial charge >= 0.3 is 0 Å². The molecule has 0 saturated carbocycles. The first-order valence-electron chi connectivity index (χ1n) is 28.7. The summed E-state index contributed by atoms with van der Waals surface area (Å²) in [7, 11) is 0. The number of pyridine rings is 4. The maximum atomic E-state index is 11.4. The number of nitrogens with zero attached hydrogens (tertiary/aromatic N) is 12. The molecule has 24 heteroatoms. The molecule has 0 radical (unpaired) electrons. The molecule has 0 aliphatic rings. The van der Waals surface area contributed by atoms with Crippen molar-refractivity contribution in [1.82, 2.24) is 59.8 Å². The minimum Gasteiger partial charge on any atom is -0.394 e. The number of hydrogen-bond donors (Lipinski definition) is 11. The summed E-state index contributed by atoms with van der Waals surface area (Å²) in [6.07, 6.45) is 20.1. The first-order valence-corrected chi connectivity index (χ1v) is 28.7. The summed E-state index contributed by atoms with van der Waals surface area (Å²) in [6, 6.07) is 12.8. The summed E-state index contributed by atoms with van der Waals surface area (Å²) >= 11 is 0. The second kappa shape index (κ2) is 31.9. The standard InChI is InChI=1S/C17H25N5O.3C14H21N5O/c1-4-5-9-17(3,10-8-12(2)23)22-15-14-13(7-6-11-19-14)20-16(18)21-15;2*1-3-4-7-14(2,9-20)19-12-11-10(6-5-8-16-11)17-13(15)18-12;1-3-4-5-10(8-20)17-13-12-11(18-14(15)19-13)9(2)6-7-16-12/h6-7,11H,4-5,8-10H2,1-3H3,(H3,18,20,21,22);2*5-6,8,20H,3-4,7,9H2,1-2H3,(H3,15,17,18,19);6-7,10,20H,3-5,8H2,1-2H3,(H3,15,17,18,19)/t17-;2*14-;10-/m1100/s1. The topological polar surface area (TPSA) is 385 Å². The second-order valence-electron chi connectivity index (χ2n) is 21.7. The summed E-state index contributed by atoms with van der Waals surface area (Å²) in [5.41, 5.74) is 28.5. The highest BCUT2D eigenvalue weighted by Gasteiger charge is 2.28. The molecule has 0 spiro atoms. The third kappa shape index (κ3) is 19.8. The molecule has 0 aromatic carbocycles. The summed E-state index contributed by atoms with van der Waals surface area (Å²) in [5.74, 6) is 3.39. The van der Waals surface area contributed by atoms with Crippen LogP contribution < -0.4 is 44.2 Å². The van der Waals surface area contributed by atoms with Gasteiger partial charge in [0.05, 0.1) is 59.0 Å². The highest BCUT2D eigenvalue weighted by molar-refractivity contribution is 5.89. The molecule has 8 heterocycles. The van der Waals surface area contributed by atoms with Crippen LogP contribution in [-0.2, 0) is 4.79 Å². The number of nitrogens with two attached hydrogens (primary N) is 4. The molecular formula is C59H88N20O4. The van der Waals surface area contributed by atoms with Gasteiger partial charge in [-0.3, -0.25) is 19.9 Å². The van der Waals surface area contributed by atoms with E-state index in [9.17, 15) is 20.1 Å². The number of aryl methyl sites for hydroxylation is 1. The molecule has 0 aliphatic carbocycles. The fraction of sp³-hybridized carbons (Fsp3) is 0.508. The maximum absolute atomic E-state index is 11.4. The molecule has 0 amide bonds. The van der Waals surface area contributed by atoms with Crippen LogP contribution in [0.2, 0.25) is 0 Å². The van der Waals surface area contributed by atoms with Gasteiger partial charge in [0.25, 0.3) is 0 Å². The molecule has 83 heavy (non-hydrogen) atoms. The first-order chi connectivity index (χ1) is 39.7. The zero-order chi connectivity index (χ0) is 60.6. The van der Waals surface area contributed by atoms with Crippen LogP contribution in [0.25, 0.3) is 44.1 Å². The molecule has 8 rings (SSSR count). The molecule has 8 aromatic heterocycles. The van der Waals surface area contributed by atoms with Gasteiger partial charge in [-0.15, -0.1) is 0 Å². The number of ketones is 1. The van der Waals surface area contributed by atoms with Crippen molar-refractivity contribution in [1.29, 1.82) is 0 Å². The van der Waals surface area contributed by atoms with Gasteiger partial charge in [0.15, 0.2) is 23.3 Å². The van der Waals surface area contributed by atoms with Crippen molar-refractivity contribution in [3.63, 3.8) is 0 Å². The largest absolute Gasteiger partial charge is 0.394 e. The van der Waals surface area contributed by atoms with Crippen molar-refractivity contribution in [3.05, 3.63) is 72.8 Å². The molecule has 0 fully saturated rings.